The van der Waals surface area contributed by atoms with Crippen molar-refractivity contribution in [3.8, 4) is 5.69 Å². The van der Waals surface area contributed by atoms with Crippen LogP contribution in [0.15, 0.2) is 239 Å². The van der Waals surface area contributed by atoms with Gasteiger partial charge in [-0.3, -0.25) is 0 Å². The van der Waals surface area contributed by atoms with Gasteiger partial charge < -0.3 is 14.0 Å². The van der Waals surface area contributed by atoms with Crippen molar-refractivity contribution in [1.29, 1.82) is 0 Å². The normalized spacial score (nSPS) is 11.7. The van der Waals surface area contributed by atoms with Gasteiger partial charge in [-0.15, -0.1) is 0 Å². The number of aromatic nitrogens is 3. The number of hydrogen-bond acceptors (Lipinski definition) is 0. The van der Waals surface area contributed by atoms with Gasteiger partial charge in [0.1, 0.15) is 0 Å². The minimum atomic E-state index is 0.744. The van der Waals surface area contributed by atoms with Gasteiger partial charge in [-0.2, -0.15) is 0 Å². The molecule has 16 aromatic rings. The Morgan fingerprint density at radius 1 is 0.333 bits per heavy atom. The van der Waals surface area contributed by atoms with Crippen LogP contribution < -0.4 is 0 Å². The van der Waals surface area contributed by atoms with Crippen LogP contribution in [-0.2, 0) is 0 Å². The lowest BCUT2D eigenvalue weighted by atomic mass is 9.99. The molecular weight excluding hydrogens is 1510 g/mol. The lowest BCUT2D eigenvalue weighted by Gasteiger charge is -2.13. The molecule has 0 aliphatic heterocycles. The van der Waals surface area contributed by atoms with Gasteiger partial charge in [-0.25, -0.2) is 0 Å². The molecule has 4 aromatic heterocycles. The van der Waals surface area contributed by atoms with Crippen molar-refractivity contribution < 1.29 is 0 Å². The fraction of sp³-hybridized carbons (Fsp3) is 0. The van der Waals surface area contributed by atoms with Crippen LogP contribution in [0.5, 0.6) is 0 Å². The molecule has 0 unspecified atom stereocenters. The Labute approximate surface area is 521 Å². The molecule has 0 saturated carbocycles. The van der Waals surface area contributed by atoms with Crippen LogP contribution in [0.4, 0.5) is 0 Å². The maximum Gasteiger partial charge on any atom is 0.0620 e. The summed E-state index contributed by atoms with van der Waals surface area (Å²) in [5, 5.41) is 18.8. The maximum atomic E-state index is 6.66. The summed E-state index contributed by atoms with van der Waals surface area (Å²) in [5.41, 5.74) is 9.64. The monoisotopic (exact) mass is 1540 g/mol. The zero-order chi connectivity index (χ0) is 53.5. The number of rotatable bonds is 1. The molecule has 0 atom stereocenters. The summed E-state index contributed by atoms with van der Waals surface area (Å²) in [7, 11) is 0. The zero-order valence-electron chi connectivity index (χ0n) is 40.5. The van der Waals surface area contributed by atoms with Crippen LogP contribution in [0.1, 0.15) is 0 Å². The number of aromatic amines is 1. The van der Waals surface area contributed by atoms with Gasteiger partial charge in [0.15, 0.2) is 0 Å². The molecule has 0 saturated heterocycles. The molecule has 0 fully saturated rings. The van der Waals surface area contributed by atoms with E-state index in [4.69, 9.17) is 23.2 Å². The van der Waals surface area contributed by atoms with E-state index in [1.54, 1.807) is 0 Å². The van der Waals surface area contributed by atoms with Gasteiger partial charge in [0.2, 0.25) is 0 Å². The summed E-state index contributed by atoms with van der Waals surface area (Å²) in [6, 6.07) is 74.3. The van der Waals surface area contributed by atoms with Crippen LogP contribution >= 0.6 is 141 Å². The highest BCUT2D eigenvalue weighted by atomic mass is 127. The summed E-state index contributed by atoms with van der Waals surface area (Å²) in [6.07, 6.45) is 0. The SMILES string of the molecule is Brc1cc2cccc3c2c(c1)c1cc(Br)cc2c4ccccc4n3c12.Brc1ccc2[nH]c3ccccc3c2c1.Clc1cc(Br)cc2cccc(-n3c4ccccc4c4cc(Br)ccc43)c12.Clc1cc(Br)cc2cccc(I)c12. The minimum Gasteiger partial charge on any atom is -0.355 e. The smallest absolute Gasteiger partial charge is 0.0620 e. The molecule has 16 rings (SSSR count). The molecule has 3 nitrogen and oxygen atoms in total. The fourth-order valence-electron chi connectivity index (χ4n) is 11.1. The molecular formula is C66H36Br6Cl2IN3. The largest absolute Gasteiger partial charge is 0.355 e. The molecule has 0 amide bonds. The lowest BCUT2D eigenvalue weighted by Crippen LogP contribution is -1.95. The van der Waals surface area contributed by atoms with Crippen LogP contribution in [0.2, 0.25) is 10.0 Å². The Hall–Kier alpha value is -4.99. The van der Waals surface area contributed by atoms with E-state index in [2.05, 4.69) is 320 Å². The van der Waals surface area contributed by atoms with Gasteiger partial charge in [0, 0.05) is 95.3 Å². The lowest BCUT2D eigenvalue weighted by molar-refractivity contribution is 1.20. The average molecular weight is 1550 g/mol. The molecule has 0 aliphatic carbocycles. The highest BCUT2D eigenvalue weighted by molar-refractivity contribution is 14.1. The quantitative estimate of drug-likeness (QED) is 0.0963. The highest BCUT2D eigenvalue weighted by Gasteiger charge is 2.19. The fourth-order valence-corrected chi connectivity index (χ4v) is 15.6. The Balaban J connectivity index is 0.000000103. The number of pyridine rings is 1. The predicted molar refractivity (Wildman–Crippen MR) is 366 cm³/mol. The number of nitrogens with zero attached hydrogens (tertiary/aromatic N) is 2. The number of fused-ring (bicyclic) bond motifs is 13. The van der Waals surface area contributed by atoms with Gasteiger partial charge in [0.25, 0.3) is 0 Å². The van der Waals surface area contributed by atoms with E-state index in [1.807, 2.05) is 24.3 Å². The first-order chi connectivity index (χ1) is 37.9. The number of hydrogen-bond donors (Lipinski definition) is 1. The molecule has 12 heteroatoms. The number of nitrogens with one attached hydrogen (secondary N) is 1. The van der Waals surface area contributed by atoms with E-state index in [1.165, 1.54) is 101 Å². The summed E-state index contributed by atoms with van der Waals surface area (Å²) in [6.45, 7) is 0. The molecule has 0 radical (unpaired) electrons. The maximum absolute atomic E-state index is 6.66. The van der Waals surface area contributed by atoms with Crippen molar-refractivity contribution >= 4 is 255 Å². The first kappa shape index (κ1) is 52.4. The Bertz CT molecular complexity index is 5070. The third-order valence-electron chi connectivity index (χ3n) is 14.2. The van der Waals surface area contributed by atoms with E-state index < -0.39 is 0 Å². The van der Waals surface area contributed by atoms with Gasteiger partial charge in [-0.1, -0.05) is 210 Å². The molecule has 12 aromatic carbocycles. The van der Waals surface area contributed by atoms with Crippen molar-refractivity contribution in [2.75, 3.05) is 0 Å². The number of benzene rings is 12. The third-order valence-corrected chi connectivity index (χ3v) is 18.6. The second-order valence-corrected chi connectivity index (χ2v) is 26.4. The summed E-state index contributed by atoms with van der Waals surface area (Å²) in [4.78, 5) is 3.38. The van der Waals surface area contributed by atoms with Crippen molar-refractivity contribution in [1.82, 2.24) is 14.0 Å². The standard InChI is InChI=1S/C22H12Br2ClN.C22H11Br2N.C12H8BrN.C10H5BrClI/c23-14-8-9-20-17(11-14)16-5-1-2-6-19(16)26(20)21-7-3-4-13-10-15(24)12-18(25)22(13)21;23-13-8-12-4-3-7-20-21(12)16(9-13)18-11-14(24)10-17-15-5-1-2-6-19(15)25(20)22(17)18;13-8-5-6-12-10(7-8)9-3-1-2-4-11(9)14-12;11-7-4-6-2-1-3-9(13)10(6)8(12)5-7/h1-12H;1-11H;1-7,14H;1-5H. The van der Waals surface area contributed by atoms with Crippen molar-refractivity contribution in [3.05, 3.63) is 253 Å². The van der Waals surface area contributed by atoms with Crippen molar-refractivity contribution in [2.24, 2.45) is 0 Å². The molecule has 1 N–H and O–H groups in total. The minimum absolute atomic E-state index is 0.744. The Morgan fingerprint density at radius 2 is 0.808 bits per heavy atom. The first-order valence-electron chi connectivity index (χ1n) is 24.6. The van der Waals surface area contributed by atoms with Crippen LogP contribution in [0.25, 0.3) is 120 Å². The second-order valence-electron chi connectivity index (χ2n) is 18.9. The first-order valence-corrected chi connectivity index (χ1v) is 31.2. The number of para-hydroxylation sites is 3. The molecule has 0 spiro atoms. The molecule has 4 heterocycles. The summed E-state index contributed by atoms with van der Waals surface area (Å²) < 4.78 is 12.4. The van der Waals surface area contributed by atoms with Crippen LogP contribution in [0.3, 0.4) is 0 Å². The molecule has 378 valence electrons. The second kappa shape index (κ2) is 21.5. The predicted octanol–water partition coefficient (Wildman–Crippen LogP) is 24.6. The molecule has 78 heavy (non-hydrogen) atoms. The van der Waals surface area contributed by atoms with E-state index in [0.29, 0.717) is 0 Å². The highest BCUT2D eigenvalue weighted by Crippen LogP contribution is 2.44. The third kappa shape index (κ3) is 9.44. The number of H-pyrrole nitrogens is 1. The van der Waals surface area contributed by atoms with Gasteiger partial charge >= 0.3 is 0 Å². The summed E-state index contributed by atoms with van der Waals surface area (Å²) in [5.74, 6) is 0. The van der Waals surface area contributed by atoms with Crippen LogP contribution in [0, 0.1) is 3.57 Å². The number of halogens is 9. The van der Waals surface area contributed by atoms with E-state index in [9.17, 15) is 0 Å². The van der Waals surface area contributed by atoms with E-state index >= 15 is 0 Å². The molecule has 0 bridgehead atoms. The van der Waals surface area contributed by atoms with Crippen molar-refractivity contribution in [2.45, 2.75) is 0 Å². The van der Waals surface area contributed by atoms with E-state index in [0.717, 1.165) is 58.7 Å². The molecule has 0 aliphatic rings. The van der Waals surface area contributed by atoms with Gasteiger partial charge in [0.05, 0.1) is 43.3 Å². The zero-order valence-corrected chi connectivity index (χ0v) is 53.7. The Morgan fingerprint density at radius 3 is 1.54 bits per heavy atom. The Kier molecular flexibility index (Phi) is 14.4. The van der Waals surface area contributed by atoms with E-state index in [-0.39, 0.29) is 0 Å². The van der Waals surface area contributed by atoms with Gasteiger partial charge in [-0.05, 0) is 165 Å². The van der Waals surface area contributed by atoms with Crippen molar-refractivity contribution in [3.63, 3.8) is 0 Å². The average Bonchev–Trinajstić information content (AvgIpc) is 4.28. The van der Waals surface area contributed by atoms with Crippen LogP contribution in [-0.4, -0.2) is 14.0 Å². The topological polar surface area (TPSA) is 25.1 Å². The summed E-state index contributed by atoms with van der Waals surface area (Å²) >= 11 is 36.6.